The van der Waals surface area contributed by atoms with Crippen molar-refractivity contribution in [3.05, 3.63) is 59.2 Å². The van der Waals surface area contributed by atoms with E-state index in [2.05, 4.69) is 10.6 Å². The van der Waals surface area contributed by atoms with Gasteiger partial charge in [-0.3, -0.25) is 10.1 Å². The number of ether oxygens (including phenoxy) is 2. The monoisotopic (exact) mass is 388 g/mol. The minimum absolute atomic E-state index is 0.140. The lowest BCUT2D eigenvalue weighted by Gasteiger charge is -2.09. The Hall–Kier alpha value is -2.97. The molecule has 0 bridgehead atoms. The summed E-state index contributed by atoms with van der Waals surface area (Å²) in [5.74, 6) is -0.712. The summed E-state index contributed by atoms with van der Waals surface area (Å²) in [4.78, 5) is 24.5. The van der Waals surface area contributed by atoms with E-state index in [1.54, 1.807) is 36.4 Å². The minimum Gasteiger partial charge on any atom is -0.447 e. The zero-order valence-electron chi connectivity index (χ0n) is 14.5. The molecule has 3 rings (SSSR count). The maximum absolute atomic E-state index is 13.8. The Morgan fingerprint density at radius 2 is 1.78 bits per heavy atom. The molecule has 2 aromatic carbocycles. The molecule has 8 heteroatoms. The van der Waals surface area contributed by atoms with Crippen molar-refractivity contribution in [1.29, 1.82) is 0 Å². The molecular formula is C19H17FN2O4S. The van der Waals surface area contributed by atoms with E-state index in [0.717, 1.165) is 0 Å². The van der Waals surface area contributed by atoms with Crippen molar-refractivity contribution in [3.63, 3.8) is 0 Å². The predicted octanol–water partition coefficient (Wildman–Crippen LogP) is 4.49. The van der Waals surface area contributed by atoms with Crippen LogP contribution in [0.4, 0.5) is 20.6 Å². The van der Waals surface area contributed by atoms with E-state index in [1.807, 2.05) is 0 Å². The molecule has 0 saturated heterocycles. The Balaban J connectivity index is 1.67. The van der Waals surface area contributed by atoms with Crippen molar-refractivity contribution in [1.82, 2.24) is 0 Å². The van der Waals surface area contributed by atoms with Crippen molar-refractivity contribution in [3.8, 4) is 0 Å². The number of carbonyl (C=O) groups is 2. The van der Waals surface area contributed by atoms with Gasteiger partial charge in [-0.15, -0.1) is 11.3 Å². The molecule has 0 radical (unpaired) electrons. The Morgan fingerprint density at radius 1 is 1.04 bits per heavy atom. The quantitative estimate of drug-likeness (QED) is 0.610. The third-order valence-electron chi connectivity index (χ3n) is 3.62. The van der Waals surface area contributed by atoms with Crippen LogP contribution in [0.25, 0.3) is 10.1 Å². The molecule has 0 fully saturated rings. The van der Waals surface area contributed by atoms with Gasteiger partial charge in [0.15, 0.2) is 0 Å². The molecule has 140 valence electrons. The molecule has 0 atom stereocenters. The zero-order valence-corrected chi connectivity index (χ0v) is 15.3. The van der Waals surface area contributed by atoms with Gasteiger partial charge < -0.3 is 14.8 Å². The second kappa shape index (κ2) is 8.61. The van der Waals surface area contributed by atoms with E-state index < -0.39 is 6.09 Å². The van der Waals surface area contributed by atoms with Gasteiger partial charge in [0.1, 0.15) is 12.4 Å². The molecule has 3 aromatic rings. The molecule has 27 heavy (non-hydrogen) atoms. The number of benzene rings is 2. The maximum atomic E-state index is 13.8. The Bertz CT molecular complexity index is 973. The number of hydrogen-bond donors (Lipinski definition) is 2. The highest BCUT2D eigenvalue weighted by Crippen LogP contribution is 2.28. The number of carbonyl (C=O) groups excluding carboxylic acids is 2. The van der Waals surface area contributed by atoms with Crippen molar-refractivity contribution in [2.75, 3.05) is 31.0 Å². The van der Waals surface area contributed by atoms with Crippen LogP contribution >= 0.6 is 11.3 Å². The molecule has 0 aliphatic carbocycles. The number of amides is 2. The van der Waals surface area contributed by atoms with Gasteiger partial charge in [0, 0.05) is 28.6 Å². The Morgan fingerprint density at radius 3 is 2.52 bits per heavy atom. The number of rotatable bonds is 6. The predicted molar refractivity (Wildman–Crippen MR) is 103 cm³/mol. The van der Waals surface area contributed by atoms with E-state index in [-0.39, 0.29) is 18.3 Å². The second-order valence-electron chi connectivity index (χ2n) is 5.55. The van der Waals surface area contributed by atoms with Gasteiger partial charge >= 0.3 is 6.09 Å². The fourth-order valence-electron chi connectivity index (χ4n) is 2.38. The van der Waals surface area contributed by atoms with Crippen molar-refractivity contribution < 1.29 is 23.5 Å². The smallest absolute Gasteiger partial charge is 0.411 e. The SMILES string of the molecule is COCCOC(=O)Nc1cccc(NC(=O)c2cc3c(F)cccc3s2)c1. The largest absolute Gasteiger partial charge is 0.447 e. The fraction of sp³-hybridized carbons (Fsp3) is 0.158. The molecule has 1 aromatic heterocycles. The van der Waals surface area contributed by atoms with E-state index in [9.17, 15) is 14.0 Å². The first-order chi connectivity index (χ1) is 13.1. The maximum Gasteiger partial charge on any atom is 0.411 e. The van der Waals surface area contributed by atoms with Gasteiger partial charge in [-0.25, -0.2) is 9.18 Å². The van der Waals surface area contributed by atoms with Gasteiger partial charge in [0.2, 0.25) is 0 Å². The lowest BCUT2D eigenvalue weighted by atomic mass is 10.2. The van der Waals surface area contributed by atoms with Crippen LogP contribution in [0.3, 0.4) is 0 Å². The summed E-state index contributed by atoms with van der Waals surface area (Å²) in [6.45, 7) is 0.445. The van der Waals surface area contributed by atoms with E-state index in [0.29, 0.717) is 32.9 Å². The van der Waals surface area contributed by atoms with Crippen LogP contribution in [0.15, 0.2) is 48.5 Å². The average Bonchev–Trinajstić information content (AvgIpc) is 3.08. The minimum atomic E-state index is -0.615. The van der Waals surface area contributed by atoms with Crippen LogP contribution in [0.5, 0.6) is 0 Å². The van der Waals surface area contributed by atoms with Crippen molar-refractivity contribution >= 4 is 44.8 Å². The van der Waals surface area contributed by atoms with E-state index >= 15 is 0 Å². The first-order valence-corrected chi connectivity index (χ1v) is 8.90. The summed E-state index contributed by atoms with van der Waals surface area (Å²) in [5, 5.41) is 5.73. The summed E-state index contributed by atoms with van der Waals surface area (Å²) >= 11 is 1.21. The van der Waals surface area contributed by atoms with E-state index in [1.165, 1.54) is 30.6 Å². The van der Waals surface area contributed by atoms with Crippen LogP contribution in [0.1, 0.15) is 9.67 Å². The first-order valence-electron chi connectivity index (χ1n) is 8.09. The number of nitrogens with one attached hydrogen (secondary N) is 2. The van der Waals surface area contributed by atoms with Gasteiger partial charge in [-0.2, -0.15) is 0 Å². The van der Waals surface area contributed by atoms with Gasteiger partial charge in [-0.1, -0.05) is 12.1 Å². The number of thiophene rings is 1. The molecule has 0 aliphatic heterocycles. The van der Waals surface area contributed by atoms with E-state index in [4.69, 9.17) is 9.47 Å². The summed E-state index contributed by atoms with van der Waals surface area (Å²) in [6, 6.07) is 12.9. The highest BCUT2D eigenvalue weighted by atomic mass is 32.1. The second-order valence-corrected chi connectivity index (χ2v) is 6.63. The normalized spacial score (nSPS) is 10.6. The van der Waals surface area contributed by atoms with Crippen LogP contribution in [-0.4, -0.2) is 32.3 Å². The number of hydrogen-bond acceptors (Lipinski definition) is 5. The Labute approximate surface area is 158 Å². The molecule has 0 unspecified atom stereocenters. The van der Waals surface area contributed by atoms with Gasteiger partial charge in [-0.05, 0) is 36.4 Å². The number of fused-ring (bicyclic) bond motifs is 1. The zero-order chi connectivity index (χ0) is 19.2. The summed E-state index contributed by atoms with van der Waals surface area (Å²) in [5.41, 5.74) is 0.963. The molecule has 0 saturated carbocycles. The van der Waals surface area contributed by atoms with Gasteiger partial charge in [0.05, 0.1) is 11.5 Å². The standard InChI is InChI=1S/C19H17FN2O4S/c1-25-8-9-26-19(24)22-13-5-2-4-12(10-13)21-18(23)17-11-14-15(20)6-3-7-16(14)27-17/h2-7,10-11H,8-9H2,1H3,(H,21,23)(H,22,24). The summed E-state index contributed by atoms with van der Waals surface area (Å²) in [7, 11) is 1.51. The van der Waals surface area contributed by atoms with Crippen molar-refractivity contribution in [2.45, 2.75) is 0 Å². The number of methoxy groups -OCH3 is 1. The lowest BCUT2D eigenvalue weighted by Crippen LogP contribution is -2.16. The molecule has 1 heterocycles. The molecule has 2 N–H and O–H groups in total. The topological polar surface area (TPSA) is 76.7 Å². The van der Waals surface area contributed by atoms with Crippen LogP contribution in [0, 0.1) is 5.82 Å². The highest BCUT2D eigenvalue weighted by Gasteiger charge is 2.13. The molecular weight excluding hydrogens is 371 g/mol. The number of halogens is 1. The molecule has 6 nitrogen and oxygen atoms in total. The van der Waals surface area contributed by atoms with Crippen molar-refractivity contribution in [2.24, 2.45) is 0 Å². The van der Waals surface area contributed by atoms with Crippen LogP contribution in [-0.2, 0) is 9.47 Å². The third kappa shape index (κ3) is 4.81. The number of anilines is 2. The Kier molecular flexibility index (Phi) is 6.00. The lowest BCUT2D eigenvalue weighted by molar-refractivity contribution is 0.103. The van der Waals surface area contributed by atoms with Gasteiger partial charge in [0.25, 0.3) is 5.91 Å². The van der Waals surface area contributed by atoms with Crippen LogP contribution < -0.4 is 10.6 Å². The molecule has 2 amide bonds. The average molecular weight is 388 g/mol. The summed E-state index contributed by atoms with van der Waals surface area (Å²) in [6.07, 6.45) is -0.615. The summed E-state index contributed by atoms with van der Waals surface area (Å²) < 4.78 is 24.2. The molecule has 0 spiro atoms. The molecule has 0 aliphatic rings. The third-order valence-corrected chi connectivity index (χ3v) is 4.72. The first kappa shape index (κ1) is 18.8. The highest BCUT2D eigenvalue weighted by molar-refractivity contribution is 7.20. The fourth-order valence-corrected chi connectivity index (χ4v) is 3.35. The van der Waals surface area contributed by atoms with Crippen LogP contribution in [0.2, 0.25) is 0 Å².